The molecule has 0 spiro atoms. The predicted octanol–water partition coefficient (Wildman–Crippen LogP) is 2.22. The number of aldehydes is 1. The molecule has 0 fully saturated rings. The lowest BCUT2D eigenvalue weighted by molar-refractivity contribution is -0.142. The number of aromatic nitrogens is 2. The predicted molar refractivity (Wildman–Crippen MR) is 66.6 cm³/mol. The molecule has 96 valence electrons. The van der Waals surface area contributed by atoms with E-state index < -0.39 is 6.29 Å². The third-order valence-corrected chi connectivity index (χ3v) is 2.54. The molecule has 5 nitrogen and oxygen atoms in total. The molecule has 2 aromatic rings. The first-order chi connectivity index (χ1) is 8.80. The number of imidazole rings is 1. The van der Waals surface area contributed by atoms with Gasteiger partial charge in [0.2, 0.25) is 6.29 Å². The Labute approximate surface area is 105 Å². The average Bonchev–Trinajstić information content (AvgIpc) is 2.82. The van der Waals surface area contributed by atoms with Crippen molar-refractivity contribution in [3.8, 4) is 0 Å². The van der Waals surface area contributed by atoms with E-state index in [4.69, 9.17) is 9.47 Å². The number of pyridine rings is 1. The summed E-state index contributed by atoms with van der Waals surface area (Å²) >= 11 is 0. The van der Waals surface area contributed by atoms with Crippen LogP contribution in [0.5, 0.6) is 0 Å². The zero-order valence-electron chi connectivity index (χ0n) is 10.5. The Balaban J connectivity index is 2.41. The van der Waals surface area contributed by atoms with Gasteiger partial charge >= 0.3 is 0 Å². The first kappa shape index (κ1) is 12.7. The summed E-state index contributed by atoms with van der Waals surface area (Å²) in [6.45, 7) is 4.88. The van der Waals surface area contributed by atoms with Gasteiger partial charge in [0.1, 0.15) is 11.3 Å². The maximum absolute atomic E-state index is 10.9. The molecule has 0 saturated heterocycles. The molecule has 5 heteroatoms. The zero-order chi connectivity index (χ0) is 13.0. The highest BCUT2D eigenvalue weighted by Crippen LogP contribution is 2.19. The van der Waals surface area contributed by atoms with Crippen LogP contribution in [0.25, 0.3) is 5.65 Å². The van der Waals surface area contributed by atoms with Crippen LogP contribution < -0.4 is 0 Å². The Bertz CT molecular complexity index is 530. The number of ether oxygens (including phenoxy) is 2. The summed E-state index contributed by atoms with van der Waals surface area (Å²) < 4.78 is 12.8. The molecule has 0 atom stereocenters. The van der Waals surface area contributed by atoms with Gasteiger partial charge < -0.3 is 13.9 Å². The molecule has 0 aliphatic carbocycles. The van der Waals surface area contributed by atoms with Crippen molar-refractivity contribution in [2.24, 2.45) is 0 Å². The second-order valence-electron chi connectivity index (χ2n) is 3.72. The van der Waals surface area contributed by atoms with E-state index in [9.17, 15) is 4.79 Å². The number of carbonyl (C=O) groups is 1. The Morgan fingerprint density at radius 2 is 2.11 bits per heavy atom. The van der Waals surface area contributed by atoms with Gasteiger partial charge in [-0.2, -0.15) is 0 Å². The van der Waals surface area contributed by atoms with E-state index in [1.54, 1.807) is 16.5 Å². The van der Waals surface area contributed by atoms with Crippen LogP contribution in [0.1, 0.15) is 36.2 Å². The van der Waals surface area contributed by atoms with Crippen LogP contribution in [-0.2, 0) is 9.47 Å². The Kier molecular flexibility index (Phi) is 4.07. The minimum atomic E-state index is -0.487. The summed E-state index contributed by atoms with van der Waals surface area (Å²) in [5.74, 6) is 0. The summed E-state index contributed by atoms with van der Waals surface area (Å²) in [6, 6.07) is 3.54. The van der Waals surface area contributed by atoms with Crippen molar-refractivity contribution in [2.75, 3.05) is 13.2 Å². The molecule has 0 unspecified atom stereocenters. The van der Waals surface area contributed by atoms with Crippen LogP contribution in [-0.4, -0.2) is 28.9 Å². The third kappa shape index (κ3) is 2.42. The molecule has 0 radical (unpaired) electrons. The second-order valence-corrected chi connectivity index (χ2v) is 3.72. The Morgan fingerprint density at radius 3 is 2.72 bits per heavy atom. The van der Waals surface area contributed by atoms with Crippen LogP contribution in [0.3, 0.4) is 0 Å². The Morgan fingerprint density at radius 1 is 1.39 bits per heavy atom. The largest absolute Gasteiger partial charge is 0.347 e. The number of hydrogen-bond acceptors (Lipinski definition) is 4. The fraction of sp³-hybridized carbons (Fsp3) is 0.385. The highest BCUT2D eigenvalue weighted by molar-refractivity contribution is 5.84. The van der Waals surface area contributed by atoms with E-state index in [1.807, 2.05) is 26.2 Å². The molecule has 0 N–H and O–H groups in total. The summed E-state index contributed by atoms with van der Waals surface area (Å²) in [4.78, 5) is 15.3. The SMILES string of the molecule is CCOC(OCC)c1cn2cccc(C=O)c2n1. The maximum Gasteiger partial charge on any atom is 0.202 e. The van der Waals surface area contributed by atoms with E-state index in [0.717, 1.165) is 6.29 Å². The molecule has 2 aromatic heterocycles. The van der Waals surface area contributed by atoms with Gasteiger partial charge in [-0.1, -0.05) is 0 Å². The van der Waals surface area contributed by atoms with Crippen molar-refractivity contribution in [1.82, 2.24) is 9.38 Å². The Hall–Kier alpha value is -1.72. The molecule has 0 amide bonds. The van der Waals surface area contributed by atoms with E-state index in [-0.39, 0.29) is 0 Å². The van der Waals surface area contributed by atoms with Crippen molar-refractivity contribution in [3.05, 3.63) is 35.8 Å². The van der Waals surface area contributed by atoms with Crippen LogP contribution in [0, 0.1) is 0 Å². The van der Waals surface area contributed by atoms with Crippen molar-refractivity contribution in [2.45, 2.75) is 20.1 Å². The van der Waals surface area contributed by atoms with Crippen LogP contribution in [0.4, 0.5) is 0 Å². The summed E-state index contributed by atoms with van der Waals surface area (Å²) in [5, 5.41) is 0. The molecule has 0 saturated carbocycles. The van der Waals surface area contributed by atoms with Gasteiger partial charge in [0, 0.05) is 25.6 Å². The molecule has 2 heterocycles. The lowest BCUT2D eigenvalue weighted by Crippen LogP contribution is -2.09. The van der Waals surface area contributed by atoms with Gasteiger partial charge in [-0.05, 0) is 26.0 Å². The fourth-order valence-electron chi connectivity index (χ4n) is 1.78. The molecule has 0 aromatic carbocycles. The van der Waals surface area contributed by atoms with Crippen molar-refractivity contribution in [1.29, 1.82) is 0 Å². The number of rotatable bonds is 6. The number of hydrogen-bond donors (Lipinski definition) is 0. The van der Waals surface area contributed by atoms with E-state index in [0.29, 0.717) is 30.1 Å². The normalized spacial score (nSPS) is 11.3. The lowest BCUT2D eigenvalue weighted by atomic mass is 10.3. The molecular formula is C13H16N2O3. The van der Waals surface area contributed by atoms with Gasteiger partial charge in [0.15, 0.2) is 6.29 Å². The summed E-state index contributed by atoms with van der Waals surface area (Å²) in [6.07, 6.45) is 3.97. The minimum absolute atomic E-state index is 0.487. The van der Waals surface area contributed by atoms with Crippen molar-refractivity contribution < 1.29 is 14.3 Å². The lowest BCUT2D eigenvalue weighted by Gasteiger charge is -2.13. The molecule has 2 rings (SSSR count). The molecule has 0 bridgehead atoms. The van der Waals surface area contributed by atoms with Gasteiger partial charge in [0.25, 0.3) is 0 Å². The standard InChI is InChI=1S/C13H16N2O3/c1-3-17-13(18-4-2)11-8-15-7-5-6-10(9-16)12(15)14-11/h5-9,13H,3-4H2,1-2H3. The molecule has 18 heavy (non-hydrogen) atoms. The number of nitrogens with zero attached hydrogens (tertiary/aromatic N) is 2. The highest BCUT2D eigenvalue weighted by atomic mass is 16.7. The maximum atomic E-state index is 10.9. The van der Waals surface area contributed by atoms with E-state index in [1.165, 1.54) is 0 Å². The van der Waals surface area contributed by atoms with Crippen LogP contribution in [0.2, 0.25) is 0 Å². The monoisotopic (exact) mass is 248 g/mol. The van der Waals surface area contributed by atoms with Crippen molar-refractivity contribution >= 4 is 11.9 Å². The van der Waals surface area contributed by atoms with Crippen LogP contribution >= 0.6 is 0 Å². The summed E-state index contributed by atoms with van der Waals surface area (Å²) in [5.41, 5.74) is 1.84. The summed E-state index contributed by atoms with van der Waals surface area (Å²) in [7, 11) is 0. The minimum Gasteiger partial charge on any atom is -0.347 e. The van der Waals surface area contributed by atoms with E-state index >= 15 is 0 Å². The molecular weight excluding hydrogens is 232 g/mol. The zero-order valence-corrected chi connectivity index (χ0v) is 10.5. The van der Waals surface area contributed by atoms with Crippen molar-refractivity contribution in [3.63, 3.8) is 0 Å². The smallest absolute Gasteiger partial charge is 0.202 e. The quantitative estimate of drug-likeness (QED) is 0.581. The fourth-order valence-corrected chi connectivity index (χ4v) is 1.78. The van der Waals surface area contributed by atoms with Crippen LogP contribution in [0.15, 0.2) is 24.5 Å². The number of fused-ring (bicyclic) bond motifs is 1. The van der Waals surface area contributed by atoms with Gasteiger partial charge in [-0.3, -0.25) is 4.79 Å². The van der Waals surface area contributed by atoms with Gasteiger partial charge in [-0.25, -0.2) is 4.98 Å². The van der Waals surface area contributed by atoms with Gasteiger partial charge in [0.05, 0.1) is 5.56 Å². The molecule has 0 aliphatic rings. The first-order valence-electron chi connectivity index (χ1n) is 5.96. The topological polar surface area (TPSA) is 52.8 Å². The average molecular weight is 248 g/mol. The van der Waals surface area contributed by atoms with Gasteiger partial charge in [-0.15, -0.1) is 0 Å². The first-order valence-corrected chi connectivity index (χ1v) is 5.96. The molecule has 0 aliphatic heterocycles. The van der Waals surface area contributed by atoms with E-state index in [2.05, 4.69) is 4.98 Å². The third-order valence-electron chi connectivity index (χ3n) is 2.54. The highest BCUT2D eigenvalue weighted by Gasteiger charge is 2.16. The number of carbonyl (C=O) groups excluding carboxylic acids is 1. The second kappa shape index (κ2) is 5.75.